The standard InChI is InChI=1S/C19H25NO2S/c1-12-7-13(2)9-18(8-12)11-20-23(21,22)19-16(5)14(3)10-15(4)17(19)6/h7-10,20H,11H2,1-6H3. The van der Waals surface area contributed by atoms with E-state index in [4.69, 9.17) is 0 Å². The first-order chi connectivity index (χ1) is 10.6. The van der Waals surface area contributed by atoms with Gasteiger partial charge in [0.2, 0.25) is 10.0 Å². The van der Waals surface area contributed by atoms with E-state index in [1.165, 1.54) is 0 Å². The van der Waals surface area contributed by atoms with Gasteiger partial charge in [0.15, 0.2) is 0 Å². The van der Waals surface area contributed by atoms with Crippen molar-refractivity contribution in [3.63, 3.8) is 0 Å². The summed E-state index contributed by atoms with van der Waals surface area (Å²) < 4.78 is 28.4. The maximum Gasteiger partial charge on any atom is 0.241 e. The van der Waals surface area contributed by atoms with Crippen LogP contribution in [-0.4, -0.2) is 8.42 Å². The number of sulfonamides is 1. The van der Waals surface area contributed by atoms with E-state index in [2.05, 4.69) is 10.8 Å². The summed E-state index contributed by atoms with van der Waals surface area (Å²) >= 11 is 0. The number of aryl methyl sites for hydroxylation is 4. The maximum absolute atomic E-state index is 12.8. The second-order valence-electron chi connectivity index (χ2n) is 6.41. The lowest BCUT2D eigenvalue weighted by molar-refractivity contribution is 0.579. The normalized spacial score (nSPS) is 11.7. The molecule has 124 valence electrons. The fraction of sp³-hybridized carbons (Fsp3) is 0.368. The first-order valence-electron chi connectivity index (χ1n) is 7.76. The summed E-state index contributed by atoms with van der Waals surface area (Å²) in [6, 6.07) is 8.14. The molecule has 2 aromatic rings. The predicted molar refractivity (Wildman–Crippen MR) is 95.3 cm³/mol. The molecular weight excluding hydrogens is 306 g/mol. The van der Waals surface area contributed by atoms with Crippen molar-refractivity contribution in [2.45, 2.75) is 53.0 Å². The van der Waals surface area contributed by atoms with Crippen LogP contribution in [0.1, 0.15) is 38.9 Å². The van der Waals surface area contributed by atoms with E-state index in [0.717, 1.165) is 38.9 Å². The molecule has 0 aliphatic rings. The van der Waals surface area contributed by atoms with Crippen LogP contribution in [0.4, 0.5) is 0 Å². The third kappa shape index (κ3) is 3.82. The van der Waals surface area contributed by atoms with Gasteiger partial charge in [-0.05, 0) is 69.4 Å². The highest BCUT2D eigenvalue weighted by Gasteiger charge is 2.21. The molecule has 0 unspecified atom stereocenters. The van der Waals surface area contributed by atoms with E-state index in [-0.39, 0.29) is 0 Å². The van der Waals surface area contributed by atoms with Crippen LogP contribution in [0.3, 0.4) is 0 Å². The van der Waals surface area contributed by atoms with Gasteiger partial charge >= 0.3 is 0 Å². The third-order valence-electron chi connectivity index (χ3n) is 4.31. The largest absolute Gasteiger partial charge is 0.241 e. The first-order valence-corrected chi connectivity index (χ1v) is 9.24. The molecule has 2 aromatic carbocycles. The van der Waals surface area contributed by atoms with Gasteiger partial charge in [0.1, 0.15) is 0 Å². The second-order valence-corrected chi connectivity index (χ2v) is 8.11. The van der Waals surface area contributed by atoms with Crippen LogP contribution in [-0.2, 0) is 16.6 Å². The Labute approximate surface area is 139 Å². The quantitative estimate of drug-likeness (QED) is 0.920. The lowest BCUT2D eigenvalue weighted by Gasteiger charge is -2.16. The van der Waals surface area contributed by atoms with Gasteiger partial charge in [-0.25, -0.2) is 13.1 Å². The number of hydrogen-bond acceptors (Lipinski definition) is 2. The van der Waals surface area contributed by atoms with Crippen molar-refractivity contribution < 1.29 is 8.42 Å². The third-order valence-corrected chi connectivity index (χ3v) is 5.99. The number of benzene rings is 2. The minimum absolute atomic E-state index is 0.302. The molecule has 0 spiro atoms. The van der Waals surface area contributed by atoms with Gasteiger partial charge in [-0.3, -0.25) is 0 Å². The smallest absolute Gasteiger partial charge is 0.207 e. The Kier molecular flexibility index (Phi) is 4.97. The molecule has 0 aromatic heterocycles. The van der Waals surface area contributed by atoms with Crippen molar-refractivity contribution in [3.8, 4) is 0 Å². The van der Waals surface area contributed by atoms with Crippen LogP contribution in [0.15, 0.2) is 29.2 Å². The molecule has 0 heterocycles. The zero-order valence-electron chi connectivity index (χ0n) is 14.7. The van der Waals surface area contributed by atoms with Crippen LogP contribution in [0.25, 0.3) is 0 Å². The van der Waals surface area contributed by atoms with Crippen LogP contribution in [0.2, 0.25) is 0 Å². The van der Waals surface area contributed by atoms with E-state index in [9.17, 15) is 8.42 Å². The molecule has 0 saturated heterocycles. The lowest BCUT2D eigenvalue weighted by Crippen LogP contribution is -2.25. The summed E-state index contributed by atoms with van der Waals surface area (Å²) in [5.74, 6) is 0. The van der Waals surface area contributed by atoms with Crippen molar-refractivity contribution >= 4 is 10.0 Å². The molecule has 0 aliphatic heterocycles. The summed E-state index contributed by atoms with van der Waals surface area (Å²) in [5.41, 5.74) is 6.89. The second kappa shape index (κ2) is 6.46. The topological polar surface area (TPSA) is 46.2 Å². The first kappa shape index (κ1) is 17.7. The van der Waals surface area contributed by atoms with Crippen molar-refractivity contribution in [3.05, 3.63) is 63.2 Å². The molecule has 0 aliphatic carbocycles. The Morgan fingerprint density at radius 2 is 1.26 bits per heavy atom. The van der Waals surface area contributed by atoms with Gasteiger partial charge in [0, 0.05) is 6.54 Å². The zero-order chi connectivity index (χ0) is 17.4. The van der Waals surface area contributed by atoms with Crippen LogP contribution < -0.4 is 4.72 Å². The van der Waals surface area contributed by atoms with Gasteiger partial charge in [0.05, 0.1) is 4.90 Å². The van der Waals surface area contributed by atoms with Gasteiger partial charge in [-0.2, -0.15) is 0 Å². The number of rotatable bonds is 4. The lowest BCUT2D eigenvalue weighted by atomic mass is 10.0. The zero-order valence-corrected chi connectivity index (χ0v) is 15.6. The summed E-state index contributed by atoms with van der Waals surface area (Å²) in [7, 11) is -3.54. The molecule has 0 bridgehead atoms. The SMILES string of the molecule is Cc1cc(C)cc(CNS(=O)(=O)c2c(C)c(C)cc(C)c2C)c1. The van der Waals surface area contributed by atoms with Gasteiger partial charge in [-0.1, -0.05) is 35.4 Å². The molecule has 0 fully saturated rings. The van der Waals surface area contributed by atoms with Crippen molar-refractivity contribution in [2.24, 2.45) is 0 Å². The molecule has 23 heavy (non-hydrogen) atoms. The number of nitrogens with one attached hydrogen (secondary N) is 1. The maximum atomic E-state index is 12.8. The molecule has 4 heteroatoms. The minimum Gasteiger partial charge on any atom is -0.207 e. The molecule has 0 atom stereocenters. The van der Waals surface area contributed by atoms with Gasteiger partial charge in [-0.15, -0.1) is 0 Å². The Bertz CT molecular complexity index is 806. The van der Waals surface area contributed by atoms with Crippen LogP contribution >= 0.6 is 0 Å². The monoisotopic (exact) mass is 331 g/mol. The highest BCUT2D eigenvalue weighted by atomic mass is 32.2. The van der Waals surface area contributed by atoms with Crippen molar-refractivity contribution in [2.75, 3.05) is 0 Å². The Morgan fingerprint density at radius 1 is 0.783 bits per heavy atom. The fourth-order valence-corrected chi connectivity index (χ4v) is 4.63. The molecule has 0 radical (unpaired) electrons. The van der Waals surface area contributed by atoms with Crippen molar-refractivity contribution in [1.82, 2.24) is 4.72 Å². The minimum atomic E-state index is -3.54. The van der Waals surface area contributed by atoms with E-state index in [0.29, 0.717) is 11.4 Å². The highest BCUT2D eigenvalue weighted by Crippen LogP contribution is 2.26. The fourth-order valence-electron chi connectivity index (χ4n) is 3.01. The highest BCUT2D eigenvalue weighted by molar-refractivity contribution is 7.89. The summed E-state index contributed by atoms with van der Waals surface area (Å²) in [6.07, 6.45) is 0. The number of hydrogen-bond donors (Lipinski definition) is 1. The summed E-state index contributed by atoms with van der Waals surface area (Å²) in [5, 5.41) is 0. The average Bonchev–Trinajstić information content (AvgIpc) is 2.42. The molecule has 3 nitrogen and oxygen atoms in total. The van der Waals surface area contributed by atoms with Crippen molar-refractivity contribution in [1.29, 1.82) is 0 Å². The Balaban J connectivity index is 2.37. The van der Waals surface area contributed by atoms with Crippen LogP contribution in [0.5, 0.6) is 0 Å². The Morgan fingerprint density at radius 3 is 1.74 bits per heavy atom. The molecule has 2 rings (SSSR count). The summed E-state index contributed by atoms with van der Waals surface area (Å²) in [6.45, 7) is 12.0. The van der Waals surface area contributed by atoms with Gasteiger partial charge < -0.3 is 0 Å². The average molecular weight is 331 g/mol. The predicted octanol–water partition coefficient (Wildman–Crippen LogP) is 4.02. The van der Waals surface area contributed by atoms with E-state index in [1.54, 1.807) is 0 Å². The van der Waals surface area contributed by atoms with Gasteiger partial charge in [0.25, 0.3) is 0 Å². The van der Waals surface area contributed by atoms with E-state index in [1.807, 2.05) is 59.7 Å². The molecule has 1 N–H and O–H groups in total. The van der Waals surface area contributed by atoms with E-state index >= 15 is 0 Å². The molecule has 0 amide bonds. The van der Waals surface area contributed by atoms with Crippen LogP contribution in [0, 0.1) is 41.5 Å². The van der Waals surface area contributed by atoms with E-state index < -0.39 is 10.0 Å². The summed E-state index contributed by atoms with van der Waals surface area (Å²) in [4.78, 5) is 0.416. The molecule has 0 saturated carbocycles. The Hall–Kier alpha value is -1.65. The molecular formula is C19H25NO2S.